The number of carbonyl (C=O) groups excluding carboxylic acids is 1. The summed E-state index contributed by atoms with van der Waals surface area (Å²) in [5.74, 6) is -1.63. The van der Waals surface area contributed by atoms with Crippen molar-refractivity contribution in [1.82, 2.24) is 9.97 Å². The highest BCUT2D eigenvalue weighted by Crippen LogP contribution is 2.59. The van der Waals surface area contributed by atoms with E-state index in [1.807, 2.05) is 40.5 Å². The third kappa shape index (κ3) is 4.41. The van der Waals surface area contributed by atoms with Crippen LogP contribution in [-0.4, -0.2) is 28.3 Å². The largest absolute Gasteiger partial charge is 0.448 e. The standard InChI is InChI=1S/C32H35F2N3O2S/c33-32(34)15-23(16-32)28(38)37(24-3-1-2-22(14-24)25-17-39-27(35-25)21-6-7-21)19-30-8-11-31(12-9-30,13-10-30)29-36-26(18-40-29)20-4-5-20/h1-3,14,17-18,20-21,23H,4-13,15-16,19H2. The Morgan fingerprint density at radius 1 is 1.00 bits per heavy atom. The zero-order valence-electron chi connectivity index (χ0n) is 22.7. The molecule has 8 heteroatoms. The predicted octanol–water partition coefficient (Wildman–Crippen LogP) is 8.22. The monoisotopic (exact) mass is 563 g/mol. The Kier molecular flexibility index (Phi) is 5.62. The zero-order chi connectivity index (χ0) is 27.1. The van der Waals surface area contributed by atoms with E-state index in [9.17, 15) is 13.6 Å². The summed E-state index contributed by atoms with van der Waals surface area (Å²) in [6.07, 6.45) is 12.2. The van der Waals surface area contributed by atoms with Crippen molar-refractivity contribution in [3.8, 4) is 11.3 Å². The van der Waals surface area contributed by atoms with Crippen LogP contribution in [0, 0.1) is 11.3 Å². The van der Waals surface area contributed by atoms with E-state index in [1.165, 1.54) is 23.5 Å². The normalized spacial score (nSPS) is 29.4. The number of oxazole rings is 1. The molecular weight excluding hydrogens is 528 g/mol. The summed E-state index contributed by atoms with van der Waals surface area (Å²) in [4.78, 5) is 25.5. The van der Waals surface area contributed by atoms with Gasteiger partial charge in [-0.1, -0.05) is 12.1 Å². The van der Waals surface area contributed by atoms with Gasteiger partial charge in [0.2, 0.25) is 11.8 Å². The molecule has 0 radical (unpaired) electrons. The van der Waals surface area contributed by atoms with Gasteiger partial charge in [-0.2, -0.15) is 0 Å². The van der Waals surface area contributed by atoms with Crippen LogP contribution in [0.5, 0.6) is 0 Å². The van der Waals surface area contributed by atoms with Gasteiger partial charge in [-0.15, -0.1) is 11.3 Å². The maximum atomic E-state index is 13.8. The third-order valence-corrected chi connectivity index (χ3v) is 11.6. The van der Waals surface area contributed by atoms with Gasteiger partial charge in [0.05, 0.1) is 10.7 Å². The molecule has 0 unspecified atom stereocenters. The van der Waals surface area contributed by atoms with Crippen LogP contribution in [0.25, 0.3) is 11.3 Å². The van der Waals surface area contributed by atoms with E-state index in [-0.39, 0.29) is 29.6 Å². The maximum absolute atomic E-state index is 13.8. The van der Waals surface area contributed by atoms with Gasteiger partial charge in [-0.25, -0.2) is 18.7 Å². The highest BCUT2D eigenvalue weighted by molar-refractivity contribution is 7.09. The minimum absolute atomic E-state index is 0.0172. The summed E-state index contributed by atoms with van der Waals surface area (Å²) in [5, 5.41) is 3.60. The molecule has 0 saturated heterocycles. The van der Waals surface area contributed by atoms with Gasteiger partial charge >= 0.3 is 0 Å². The second-order valence-corrected chi connectivity index (χ2v) is 14.3. The van der Waals surface area contributed by atoms with Gasteiger partial charge in [-0.05, 0) is 81.8 Å². The lowest BCUT2D eigenvalue weighted by atomic mass is 9.53. The van der Waals surface area contributed by atoms with Crippen LogP contribution in [0.3, 0.4) is 0 Å². The predicted molar refractivity (Wildman–Crippen MR) is 150 cm³/mol. The van der Waals surface area contributed by atoms with Crippen LogP contribution in [0.4, 0.5) is 14.5 Å². The van der Waals surface area contributed by atoms with Gasteiger partial charge in [0.25, 0.3) is 0 Å². The molecule has 2 bridgehead atoms. The molecule has 5 nitrogen and oxygen atoms in total. The summed E-state index contributed by atoms with van der Waals surface area (Å²) in [6.45, 7) is 0.588. The van der Waals surface area contributed by atoms with Crippen LogP contribution < -0.4 is 4.90 Å². The van der Waals surface area contributed by atoms with Crippen LogP contribution in [-0.2, 0) is 10.2 Å². The molecule has 2 aromatic heterocycles. The SMILES string of the molecule is O=C(C1CC(F)(F)C1)N(CC12CCC(c3nc(C4CC4)cs3)(CC1)CC2)c1cccc(-c2coc(C3CC3)n2)c1. The number of thiazole rings is 1. The first-order valence-electron chi connectivity index (χ1n) is 15.0. The summed E-state index contributed by atoms with van der Waals surface area (Å²) < 4.78 is 33.4. The number of carbonyl (C=O) groups is 1. The lowest BCUT2D eigenvalue weighted by molar-refractivity contribution is -0.148. The summed E-state index contributed by atoms with van der Waals surface area (Å²) in [7, 11) is 0. The third-order valence-electron chi connectivity index (χ3n) is 10.5. The highest BCUT2D eigenvalue weighted by Gasteiger charge is 2.54. The quantitative estimate of drug-likeness (QED) is 0.277. The number of halogens is 2. The zero-order valence-corrected chi connectivity index (χ0v) is 23.5. The number of nitrogens with zero attached hydrogens (tertiary/aromatic N) is 3. The molecule has 2 heterocycles. The van der Waals surface area contributed by atoms with E-state index in [0.29, 0.717) is 18.4 Å². The lowest BCUT2D eigenvalue weighted by Gasteiger charge is -2.54. The average molecular weight is 564 g/mol. The molecule has 1 amide bonds. The summed E-state index contributed by atoms with van der Waals surface area (Å²) >= 11 is 1.85. The number of rotatable bonds is 8. The Bertz CT molecular complexity index is 1420. The van der Waals surface area contributed by atoms with E-state index in [4.69, 9.17) is 14.4 Å². The van der Waals surface area contributed by atoms with E-state index >= 15 is 0 Å². The smallest absolute Gasteiger partial charge is 0.249 e. The molecule has 210 valence electrons. The molecule has 0 atom stereocenters. The first-order chi connectivity index (χ1) is 19.3. The van der Waals surface area contributed by atoms with Gasteiger partial charge in [0.15, 0.2) is 5.89 Å². The molecule has 9 rings (SSSR count). The number of amides is 1. The van der Waals surface area contributed by atoms with Crippen LogP contribution >= 0.6 is 11.3 Å². The fourth-order valence-corrected chi connectivity index (χ4v) is 8.57. The maximum Gasteiger partial charge on any atom is 0.249 e. The van der Waals surface area contributed by atoms with Gasteiger partial charge in [0, 0.05) is 59.2 Å². The molecule has 6 fully saturated rings. The average Bonchev–Trinajstić information content (AvgIpc) is 3.89. The van der Waals surface area contributed by atoms with Crippen molar-refractivity contribution in [3.63, 3.8) is 0 Å². The molecule has 3 aromatic rings. The number of anilines is 1. The van der Waals surface area contributed by atoms with E-state index in [2.05, 4.69) is 5.38 Å². The van der Waals surface area contributed by atoms with Crippen LogP contribution in [0.2, 0.25) is 0 Å². The van der Waals surface area contributed by atoms with Crippen LogP contribution in [0.1, 0.15) is 105 Å². The molecule has 40 heavy (non-hydrogen) atoms. The Morgan fingerprint density at radius 3 is 2.40 bits per heavy atom. The molecule has 0 N–H and O–H groups in total. The molecule has 6 aliphatic rings. The number of benzene rings is 1. The first-order valence-corrected chi connectivity index (χ1v) is 15.9. The second-order valence-electron chi connectivity index (χ2n) is 13.4. The van der Waals surface area contributed by atoms with Crippen molar-refractivity contribution in [2.75, 3.05) is 11.4 Å². The highest BCUT2D eigenvalue weighted by atomic mass is 32.1. The summed E-state index contributed by atoms with van der Waals surface area (Å²) in [5.41, 5.74) is 3.92. The van der Waals surface area contributed by atoms with E-state index in [1.54, 1.807) is 6.26 Å². The van der Waals surface area contributed by atoms with E-state index in [0.717, 1.165) is 74.2 Å². The molecule has 1 aromatic carbocycles. The molecular formula is C32H35F2N3O2S. The topological polar surface area (TPSA) is 59.2 Å². The number of alkyl halides is 2. The molecule has 0 aliphatic heterocycles. The summed E-state index contributed by atoms with van der Waals surface area (Å²) in [6, 6.07) is 7.86. The second kappa shape index (κ2) is 8.94. The van der Waals surface area contributed by atoms with Crippen molar-refractivity contribution < 1.29 is 18.0 Å². The molecule has 0 spiro atoms. The molecule has 6 saturated carbocycles. The van der Waals surface area contributed by atoms with Crippen molar-refractivity contribution in [1.29, 1.82) is 0 Å². The van der Waals surface area contributed by atoms with E-state index < -0.39 is 11.8 Å². The number of aromatic nitrogens is 2. The Morgan fingerprint density at radius 2 is 1.73 bits per heavy atom. The Labute approximate surface area is 237 Å². The van der Waals surface area contributed by atoms with Crippen LogP contribution in [0.15, 0.2) is 40.3 Å². The minimum atomic E-state index is -2.73. The lowest BCUT2D eigenvalue weighted by Crippen LogP contribution is -2.53. The number of hydrogen-bond acceptors (Lipinski definition) is 5. The van der Waals surface area contributed by atoms with Crippen molar-refractivity contribution in [3.05, 3.63) is 52.5 Å². The fourth-order valence-electron chi connectivity index (χ4n) is 7.38. The number of fused-ring (bicyclic) bond motifs is 3. The fraction of sp³-hybridized carbons (Fsp3) is 0.594. The number of hydrogen-bond donors (Lipinski definition) is 0. The van der Waals surface area contributed by atoms with Crippen molar-refractivity contribution in [2.24, 2.45) is 11.3 Å². The van der Waals surface area contributed by atoms with Crippen molar-refractivity contribution in [2.45, 2.75) is 100 Å². The van der Waals surface area contributed by atoms with Gasteiger partial charge in [-0.3, -0.25) is 4.79 Å². The molecule has 6 aliphatic carbocycles. The minimum Gasteiger partial charge on any atom is -0.448 e. The first kappa shape index (κ1) is 25.1. The van der Waals surface area contributed by atoms with Gasteiger partial charge < -0.3 is 9.32 Å². The Hall–Kier alpha value is -2.61. The van der Waals surface area contributed by atoms with Gasteiger partial charge in [0.1, 0.15) is 12.0 Å². The van der Waals surface area contributed by atoms with Crippen molar-refractivity contribution >= 4 is 22.9 Å². The Balaban J connectivity index is 1.05.